The van der Waals surface area contributed by atoms with Crippen LogP contribution >= 0.6 is 0 Å². The van der Waals surface area contributed by atoms with E-state index in [4.69, 9.17) is 4.74 Å². The van der Waals surface area contributed by atoms with E-state index in [0.29, 0.717) is 26.1 Å². The monoisotopic (exact) mass is 366 g/mol. The fourth-order valence-corrected chi connectivity index (χ4v) is 3.32. The summed E-state index contributed by atoms with van der Waals surface area (Å²) in [6, 6.07) is 17.2. The van der Waals surface area contributed by atoms with Gasteiger partial charge < -0.3 is 15.0 Å². The number of ether oxygens (including phenoxy) is 1. The number of rotatable bonds is 6. The van der Waals surface area contributed by atoms with E-state index in [2.05, 4.69) is 5.32 Å². The van der Waals surface area contributed by atoms with Crippen LogP contribution in [0.1, 0.15) is 24.8 Å². The summed E-state index contributed by atoms with van der Waals surface area (Å²) in [5.41, 5.74) is 1.91. The minimum atomic E-state index is -0.168. The molecule has 2 aromatic rings. The molecule has 0 bridgehead atoms. The number of hydrogen-bond acceptors (Lipinski definition) is 3. The van der Waals surface area contributed by atoms with Gasteiger partial charge >= 0.3 is 0 Å². The van der Waals surface area contributed by atoms with Crippen molar-refractivity contribution in [1.29, 1.82) is 0 Å². The van der Waals surface area contributed by atoms with Gasteiger partial charge in [0.25, 0.3) is 0 Å². The quantitative estimate of drug-likeness (QED) is 0.849. The van der Waals surface area contributed by atoms with E-state index in [1.165, 1.54) is 0 Å². The highest BCUT2D eigenvalue weighted by Crippen LogP contribution is 2.20. The summed E-state index contributed by atoms with van der Waals surface area (Å²) in [4.78, 5) is 26.8. The molecule has 1 heterocycles. The highest BCUT2D eigenvalue weighted by Gasteiger charge is 2.28. The van der Waals surface area contributed by atoms with Crippen LogP contribution in [0.3, 0.4) is 0 Å². The molecule has 1 fully saturated rings. The first-order valence-electron chi connectivity index (χ1n) is 9.45. The fraction of sp³-hybridized carbons (Fsp3) is 0.364. The molecule has 0 aromatic heterocycles. The van der Waals surface area contributed by atoms with E-state index in [-0.39, 0.29) is 17.7 Å². The summed E-state index contributed by atoms with van der Waals surface area (Å²) in [5, 5.41) is 2.98. The molecule has 1 N–H and O–H groups in total. The molecule has 27 heavy (non-hydrogen) atoms. The van der Waals surface area contributed by atoms with Gasteiger partial charge in [-0.25, -0.2) is 0 Å². The molecule has 0 saturated carbocycles. The lowest BCUT2D eigenvalue weighted by Crippen LogP contribution is -2.44. The van der Waals surface area contributed by atoms with Gasteiger partial charge in [-0.1, -0.05) is 30.3 Å². The summed E-state index contributed by atoms with van der Waals surface area (Å²) in [6.45, 7) is 3.52. The van der Waals surface area contributed by atoms with Crippen molar-refractivity contribution in [3.05, 3.63) is 60.2 Å². The van der Waals surface area contributed by atoms with Crippen LogP contribution in [-0.4, -0.2) is 36.4 Å². The minimum absolute atomic E-state index is 0.0152. The van der Waals surface area contributed by atoms with Gasteiger partial charge in [-0.2, -0.15) is 0 Å². The summed E-state index contributed by atoms with van der Waals surface area (Å²) >= 11 is 0. The number of nitrogens with one attached hydrogen (secondary N) is 1. The molecule has 2 amide bonds. The van der Waals surface area contributed by atoms with Gasteiger partial charge in [-0.05, 0) is 49.6 Å². The van der Waals surface area contributed by atoms with Gasteiger partial charge in [0, 0.05) is 18.8 Å². The van der Waals surface area contributed by atoms with Crippen LogP contribution in [0.2, 0.25) is 0 Å². The summed E-state index contributed by atoms with van der Waals surface area (Å²) in [7, 11) is 0. The van der Waals surface area contributed by atoms with Crippen LogP contribution in [0.5, 0.6) is 5.75 Å². The van der Waals surface area contributed by atoms with Crippen molar-refractivity contribution >= 4 is 17.5 Å². The Morgan fingerprint density at radius 3 is 2.74 bits per heavy atom. The number of para-hydroxylation sites is 1. The third-order valence-corrected chi connectivity index (χ3v) is 4.76. The molecule has 1 aliphatic rings. The molecule has 5 nitrogen and oxygen atoms in total. The van der Waals surface area contributed by atoms with Crippen LogP contribution in [-0.2, 0) is 9.59 Å². The summed E-state index contributed by atoms with van der Waals surface area (Å²) < 4.78 is 5.61. The first-order chi connectivity index (χ1) is 13.1. The van der Waals surface area contributed by atoms with Crippen molar-refractivity contribution < 1.29 is 14.3 Å². The average Bonchev–Trinajstić information content (AvgIpc) is 2.69. The zero-order valence-corrected chi connectivity index (χ0v) is 15.7. The number of likely N-dealkylation sites (tertiary alicyclic amines) is 1. The maximum Gasteiger partial charge on any atom is 0.229 e. The van der Waals surface area contributed by atoms with Crippen molar-refractivity contribution in [1.82, 2.24) is 4.90 Å². The number of carbonyl (C=O) groups is 2. The third-order valence-electron chi connectivity index (χ3n) is 4.76. The van der Waals surface area contributed by atoms with Crippen molar-refractivity contribution in [2.45, 2.75) is 26.2 Å². The molecule has 2 aromatic carbocycles. The lowest BCUT2D eigenvalue weighted by molar-refractivity contribution is -0.135. The number of amides is 2. The Morgan fingerprint density at radius 2 is 1.96 bits per heavy atom. The molecule has 1 atom stereocenters. The number of aryl methyl sites for hydroxylation is 1. The molecule has 3 rings (SSSR count). The smallest absolute Gasteiger partial charge is 0.229 e. The van der Waals surface area contributed by atoms with E-state index in [9.17, 15) is 9.59 Å². The Bertz CT molecular complexity index is 776. The van der Waals surface area contributed by atoms with E-state index in [1.807, 2.05) is 61.5 Å². The second-order valence-electron chi connectivity index (χ2n) is 6.95. The number of hydrogen-bond donors (Lipinski definition) is 1. The lowest BCUT2D eigenvalue weighted by Gasteiger charge is -2.32. The van der Waals surface area contributed by atoms with Gasteiger partial charge in [0.2, 0.25) is 11.8 Å². The number of piperidine rings is 1. The van der Waals surface area contributed by atoms with E-state index in [0.717, 1.165) is 29.8 Å². The molecule has 1 unspecified atom stereocenters. The van der Waals surface area contributed by atoms with Crippen LogP contribution in [0.25, 0.3) is 0 Å². The molecule has 0 spiro atoms. The summed E-state index contributed by atoms with van der Waals surface area (Å²) in [6.07, 6.45) is 1.97. The van der Waals surface area contributed by atoms with Crippen molar-refractivity contribution in [3.63, 3.8) is 0 Å². The Balaban J connectivity index is 1.47. The van der Waals surface area contributed by atoms with Crippen molar-refractivity contribution in [2.24, 2.45) is 5.92 Å². The maximum absolute atomic E-state index is 12.6. The predicted molar refractivity (Wildman–Crippen MR) is 106 cm³/mol. The Labute approximate surface area is 160 Å². The first-order valence-corrected chi connectivity index (χ1v) is 9.45. The van der Waals surface area contributed by atoms with E-state index in [1.54, 1.807) is 4.90 Å². The second kappa shape index (κ2) is 9.21. The molecule has 5 heteroatoms. The van der Waals surface area contributed by atoms with Crippen LogP contribution in [0.15, 0.2) is 54.6 Å². The zero-order chi connectivity index (χ0) is 19.1. The molecular weight excluding hydrogens is 340 g/mol. The predicted octanol–water partition coefficient (Wildman–Crippen LogP) is 3.64. The van der Waals surface area contributed by atoms with Gasteiger partial charge in [0.15, 0.2) is 0 Å². The largest absolute Gasteiger partial charge is 0.493 e. The SMILES string of the molecule is Cc1cccc(NC(=O)C2CCCN(C(=O)CCOc3ccccc3)C2)c1. The Hall–Kier alpha value is -2.82. The first kappa shape index (κ1) is 19.0. The standard InChI is InChI=1S/C22H26N2O3/c1-17-7-5-9-19(15-17)23-22(26)18-8-6-13-24(16-18)21(25)12-14-27-20-10-3-2-4-11-20/h2-5,7,9-11,15,18H,6,8,12-14,16H2,1H3,(H,23,26). The highest BCUT2D eigenvalue weighted by atomic mass is 16.5. The fourth-order valence-electron chi connectivity index (χ4n) is 3.32. The third kappa shape index (κ3) is 5.58. The Kier molecular flexibility index (Phi) is 6.47. The topological polar surface area (TPSA) is 58.6 Å². The van der Waals surface area contributed by atoms with E-state index >= 15 is 0 Å². The highest BCUT2D eigenvalue weighted by molar-refractivity contribution is 5.93. The maximum atomic E-state index is 12.6. The number of nitrogens with zero attached hydrogens (tertiary/aromatic N) is 1. The van der Waals surface area contributed by atoms with Gasteiger partial charge in [0.05, 0.1) is 18.9 Å². The minimum Gasteiger partial charge on any atom is -0.493 e. The van der Waals surface area contributed by atoms with Gasteiger partial charge in [-0.3, -0.25) is 9.59 Å². The van der Waals surface area contributed by atoms with Crippen LogP contribution < -0.4 is 10.1 Å². The van der Waals surface area contributed by atoms with Crippen molar-refractivity contribution in [2.75, 3.05) is 25.0 Å². The molecule has 0 radical (unpaired) electrons. The van der Waals surface area contributed by atoms with Crippen molar-refractivity contribution in [3.8, 4) is 5.75 Å². The average molecular weight is 366 g/mol. The molecule has 1 saturated heterocycles. The van der Waals surface area contributed by atoms with E-state index < -0.39 is 0 Å². The number of anilines is 1. The van der Waals surface area contributed by atoms with Gasteiger partial charge in [0.1, 0.15) is 5.75 Å². The van der Waals surface area contributed by atoms with Crippen LogP contribution in [0, 0.1) is 12.8 Å². The van der Waals surface area contributed by atoms with Crippen LogP contribution in [0.4, 0.5) is 5.69 Å². The lowest BCUT2D eigenvalue weighted by atomic mass is 9.96. The van der Waals surface area contributed by atoms with Gasteiger partial charge in [-0.15, -0.1) is 0 Å². The Morgan fingerprint density at radius 1 is 1.15 bits per heavy atom. The molecule has 142 valence electrons. The molecule has 1 aliphatic heterocycles. The molecular formula is C22H26N2O3. The molecule has 0 aliphatic carbocycles. The normalized spacial score (nSPS) is 16.6. The number of carbonyl (C=O) groups excluding carboxylic acids is 2. The zero-order valence-electron chi connectivity index (χ0n) is 15.7. The number of benzene rings is 2. The second-order valence-corrected chi connectivity index (χ2v) is 6.95. The summed E-state index contributed by atoms with van der Waals surface area (Å²) in [5.74, 6) is 0.621.